The van der Waals surface area contributed by atoms with E-state index in [0.29, 0.717) is 5.76 Å². The van der Waals surface area contributed by atoms with E-state index in [2.05, 4.69) is 11.9 Å². The largest absolute Gasteiger partial charge is 0.361 e. The average molecular weight is 244 g/mol. The van der Waals surface area contributed by atoms with Gasteiger partial charge in [-0.1, -0.05) is 28.9 Å². The Hall–Kier alpha value is -0.990. The summed E-state index contributed by atoms with van der Waals surface area (Å²) >= 11 is 11.4. The molecule has 1 aromatic rings. The molecule has 15 heavy (non-hydrogen) atoms. The van der Waals surface area contributed by atoms with Gasteiger partial charge < -0.3 is 4.84 Å². The zero-order chi connectivity index (χ0) is 11.1. The lowest BCUT2D eigenvalue weighted by Crippen LogP contribution is -1.89. The van der Waals surface area contributed by atoms with E-state index in [-0.39, 0.29) is 5.88 Å². The Morgan fingerprint density at radius 1 is 1.40 bits per heavy atom. The van der Waals surface area contributed by atoms with Crippen LogP contribution >= 0.6 is 23.2 Å². The van der Waals surface area contributed by atoms with E-state index in [1.54, 1.807) is 0 Å². The summed E-state index contributed by atoms with van der Waals surface area (Å²) in [7, 11) is 0. The molecule has 0 aliphatic heterocycles. The van der Waals surface area contributed by atoms with E-state index < -0.39 is 0 Å². The van der Waals surface area contributed by atoms with Gasteiger partial charge in [0.2, 0.25) is 0 Å². The maximum Gasteiger partial charge on any atom is 0.146 e. The molecule has 80 valence electrons. The van der Waals surface area contributed by atoms with Crippen LogP contribution in [0.1, 0.15) is 5.56 Å². The minimum Gasteiger partial charge on any atom is -0.361 e. The minimum atomic E-state index is 0.284. The minimum absolute atomic E-state index is 0.284. The van der Waals surface area contributed by atoms with Crippen LogP contribution in [0.2, 0.25) is 5.02 Å². The van der Waals surface area contributed by atoms with Crippen molar-refractivity contribution in [3.63, 3.8) is 0 Å². The average Bonchev–Trinajstić information content (AvgIpc) is 2.26. The predicted molar refractivity (Wildman–Crippen MR) is 64.6 cm³/mol. The van der Waals surface area contributed by atoms with Crippen LogP contribution in [0.3, 0.4) is 0 Å². The summed E-state index contributed by atoms with van der Waals surface area (Å²) in [4.78, 5) is 4.85. The Kier molecular flexibility index (Phi) is 5.22. The van der Waals surface area contributed by atoms with Gasteiger partial charge in [-0.15, -0.1) is 11.6 Å². The Morgan fingerprint density at radius 3 is 2.60 bits per heavy atom. The summed E-state index contributed by atoms with van der Waals surface area (Å²) in [6, 6.07) is 7.59. The normalized spacial score (nSPS) is 11.2. The van der Waals surface area contributed by atoms with E-state index in [9.17, 15) is 0 Å². The smallest absolute Gasteiger partial charge is 0.146 e. The Labute approximate surface area is 99.1 Å². The molecule has 0 radical (unpaired) electrons. The van der Waals surface area contributed by atoms with Crippen LogP contribution in [0.5, 0.6) is 0 Å². The number of hydrogen-bond donors (Lipinski definition) is 0. The summed E-state index contributed by atoms with van der Waals surface area (Å²) in [5.74, 6) is 0.883. The van der Waals surface area contributed by atoms with E-state index in [1.165, 1.54) is 0 Å². The van der Waals surface area contributed by atoms with Gasteiger partial charge in [-0.3, -0.25) is 0 Å². The lowest BCUT2D eigenvalue weighted by atomic mass is 10.1. The summed E-state index contributed by atoms with van der Waals surface area (Å²) in [5.41, 5.74) is 1.13. The quantitative estimate of drug-likeness (QED) is 0.335. The highest BCUT2D eigenvalue weighted by Crippen LogP contribution is 2.11. The van der Waals surface area contributed by atoms with E-state index in [4.69, 9.17) is 28.0 Å². The predicted octanol–water partition coefficient (Wildman–Crippen LogP) is 3.64. The Bertz CT molecular complexity index is 346. The van der Waals surface area contributed by atoms with Crippen LogP contribution in [0.15, 0.2) is 41.3 Å². The van der Waals surface area contributed by atoms with Crippen LogP contribution in [0, 0.1) is 0 Å². The molecule has 0 aromatic heterocycles. The number of hydrogen-bond acceptors (Lipinski definition) is 2. The van der Waals surface area contributed by atoms with Gasteiger partial charge in [0.25, 0.3) is 0 Å². The number of benzene rings is 1. The fourth-order valence-corrected chi connectivity index (χ4v) is 1.34. The molecule has 0 amide bonds. The van der Waals surface area contributed by atoms with Gasteiger partial charge >= 0.3 is 0 Å². The van der Waals surface area contributed by atoms with Gasteiger partial charge in [0, 0.05) is 11.7 Å². The summed E-state index contributed by atoms with van der Waals surface area (Å²) in [5, 5.41) is 4.04. The van der Waals surface area contributed by atoms with Crippen LogP contribution in [0.25, 0.3) is 0 Å². The summed E-state index contributed by atoms with van der Waals surface area (Å²) in [6.45, 7) is 3.23. The van der Waals surface area contributed by atoms with Crippen molar-refractivity contribution < 1.29 is 4.84 Å². The maximum absolute atomic E-state index is 5.77. The van der Waals surface area contributed by atoms with Gasteiger partial charge in [0.05, 0.1) is 5.88 Å². The molecule has 0 unspecified atom stereocenters. The van der Waals surface area contributed by atoms with Gasteiger partial charge in [0.15, 0.2) is 0 Å². The highest BCUT2D eigenvalue weighted by atomic mass is 35.5. The first kappa shape index (κ1) is 12.1. The molecule has 0 atom stereocenters. The first-order valence-corrected chi connectivity index (χ1v) is 5.30. The van der Waals surface area contributed by atoms with Crippen molar-refractivity contribution in [1.29, 1.82) is 0 Å². The molecule has 0 saturated carbocycles. The van der Waals surface area contributed by atoms with Crippen molar-refractivity contribution in [2.24, 2.45) is 5.16 Å². The second-order valence-corrected chi connectivity index (χ2v) is 3.56. The molecule has 0 aliphatic carbocycles. The first-order chi connectivity index (χ1) is 7.26. The van der Waals surface area contributed by atoms with E-state index in [1.807, 2.05) is 30.3 Å². The highest BCUT2D eigenvalue weighted by molar-refractivity contribution is 6.30. The molecule has 0 spiro atoms. The molecule has 0 bridgehead atoms. The fourth-order valence-electron chi connectivity index (χ4n) is 1.05. The molecule has 0 heterocycles. The van der Waals surface area contributed by atoms with Crippen molar-refractivity contribution in [1.82, 2.24) is 0 Å². The number of alkyl halides is 1. The first-order valence-electron chi connectivity index (χ1n) is 4.38. The number of nitrogens with zero attached hydrogens (tertiary/aromatic N) is 1. The molecule has 0 fully saturated rings. The summed E-state index contributed by atoms with van der Waals surface area (Å²) in [6.07, 6.45) is 2.60. The van der Waals surface area contributed by atoms with Crippen molar-refractivity contribution in [2.45, 2.75) is 6.42 Å². The molecule has 2 nitrogen and oxygen atoms in total. The van der Waals surface area contributed by atoms with Crippen molar-refractivity contribution >= 4 is 29.9 Å². The monoisotopic (exact) mass is 243 g/mol. The zero-order valence-electron chi connectivity index (χ0n) is 8.12. The number of rotatable bonds is 5. The van der Waals surface area contributed by atoms with Crippen molar-refractivity contribution in [3.05, 3.63) is 46.7 Å². The van der Waals surface area contributed by atoms with Crippen LogP contribution in [0.4, 0.5) is 0 Å². The lowest BCUT2D eigenvalue weighted by molar-refractivity contribution is 0.233. The SMILES string of the molecule is C=NO/C(=C\Cc1ccc(Cl)cc1)CCl. The van der Waals surface area contributed by atoms with Gasteiger partial charge in [-0.05, 0) is 30.2 Å². The molecule has 0 N–H and O–H groups in total. The van der Waals surface area contributed by atoms with E-state index >= 15 is 0 Å². The third-order valence-electron chi connectivity index (χ3n) is 1.79. The maximum atomic E-state index is 5.77. The number of halogens is 2. The third-order valence-corrected chi connectivity index (χ3v) is 2.31. The second kappa shape index (κ2) is 6.49. The van der Waals surface area contributed by atoms with Crippen LogP contribution in [-0.4, -0.2) is 12.6 Å². The topological polar surface area (TPSA) is 21.6 Å². The van der Waals surface area contributed by atoms with Crippen LogP contribution in [-0.2, 0) is 11.3 Å². The molecular weight excluding hydrogens is 233 g/mol. The van der Waals surface area contributed by atoms with Crippen LogP contribution < -0.4 is 0 Å². The standard InChI is InChI=1S/C11H11Cl2NO/c1-14-15-11(8-12)7-4-9-2-5-10(13)6-3-9/h2-3,5-7H,1,4,8H2/b11-7-. The molecule has 1 rings (SSSR count). The van der Waals surface area contributed by atoms with Crippen molar-refractivity contribution in [2.75, 3.05) is 5.88 Å². The Morgan fingerprint density at radius 2 is 2.07 bits per heavy atom. The number of oxime groups is 1. The number of allylic oxidation sites excluding steroid dienone is 2. The van der Waals surface area contributed by atoms with E-state index in [0.717, 1.165) is 17.0 Å². The van der Waals surface area contributed by atoms with Gasteiger partial charge in [0.1, 0.15) is 5.76 Å². The van der Waals surface area contributed by atoms with Gasteiger partial charge in [-0.2, -0.15) is 0 Å². The lowest BCUT2D eigenvalue weighted by Gasteiger charge is -2.00. The third kappa shape index (κ3) is 4.36. The Balaban J connectivity index is 2.61. The summed E-state index contributed by atoms with van der Waals surface area (Å²) < 4.78 is 0. The molecular formula is C11H11Cl2NO. The van der Waals surface area contributed by atoms with Crippen molar-refractivity contribution in [3.8, 4) is 0 Å². The molecule has 0 saturated heterocycles. The molecule has 4 heteroatoms. The molecule has 1 aromatic carbocycles. The second-order valence-electron chi connectivity index (χ2n) is 2.86. The van der Waals surface area contributed by atoms with Gasteiger partial charge in [-0.25, -0.2) is 0 Å². The zero-order valence-corrected chi connectivity index (χ0v) is 9.63. The highest BCUT2D eigenvalue weighted by Gasteiger charge is 1.96. The molecule has 0 aliphatic rings. The fraction of sp³-hybridized carbons (Fsp3) is 0.182.